The van der Waals surface area contributed by atoms with Crippen LogP contribution in [0.3, 0.4) is 0 Å². The highest BCUT2D eigenvalue weighted by atomic mass is 16.5. The predicted octanol–water partition coefficient (Wildman–Crippen LogP) is 4.84. The minimum absolute atomic E-state index is 0.101. The van der Waals surface area contributed by atoms with Crippen molar-refractivity contribution < 1.29 is 19.1 Å². The molecule has 0 heterocycles. The van der Waals surface area contributed by atoms with Gasteiger partial charge in [-0.2, -0.15) is 0 Å². The second-order valence-corrected chi connectivity index (χ2v) is 7.10. The largest absolute Gasteiger partial charge is 0.493 e. The Morgan fingerprint density at radius 1 is 0.938 bits per heavy atom. The van der Waals surface area contributed by atoms with Crippen molar-refractivity contribution in [3.05, 3.63) is 65.7 Å². The van der Waals surface area contributed by atoms with E-state index in [2.05, 4.69) is 30.4 Å². The molecule has 32 heavy (non-hydrogen) atoms. The van der Waals surface area contributed by atoms with E-state index >= 15 is 0 Å². The number of ketones is 2. The third kappa shape index (κ3) is 8.94. The van der Waals surface area contributed by atoms with Crippen LogP contribution < -0.4 is 9.47 Å². The van der Waals surface area contributed by atoms with Crippen molar-refractivity contribution in [1.82, 2.24) is 0 Å². The topological polar surface area (TPSA) is 52.6 Å². The molecule has 0 aromatic heterocycles. The second-order valence-electron chi connectivity index (χ2n) is 7.10. The van der Waals surface area contributed by atoms with E-state index < -0.39 is 0 Å². The van der Waals surface area contributed by atoms with Crippen molar-refractivity contribution in [2.45, 2.75) is 39.0 Å². The summed E-state index contributed by atoms with van der Waals surface area (Å²) >= 11 is 0. The van der Waals surface area contributed by atoms with Gasteiger partial charge in [0.1, 0.15) is 11.5 Å². The molecule has 0 fully saturated rings. The molecule has 0 saturated heterocycles. The van der Waals surface area contributed by atoms with Crippen LogP contribution >= 0.6 is 0 Å². The molecule has 2 rings (SSSR count). The normalized spacial score (nSPS) is 9.75. The second kappa shape index (κ2) is 13.5. The van der Waals surface area contributed by atoms with Crippen molar-refractivity contribution in [2.75, 3.05) is 13.2 Å². The fraction of sp³-hybridized carbons (Fsp3) is 0.286. The van der Waals surface area contributed by atoms with Gasteiger partial charge in [0.25, 0.3) is 0 Å². The van der Waals surface area contributed by atoms with Gasteiger partial charge in [-0.15, -0.1) is 6.42 Å². The van der Waals surface area contributed by atoms with Gasteiger partial charge < -0.3 is 9.47 Å². The zero-order valence-corrected chi connectivity index (χ0v) is 18.5. The summed E-state index contributed by atoms with van der Waals surface area (Å²) in [4.78, 5) is 22.8. The number of carbonyl (C=O) groups excluding carboxylic acids is 2. The van der Waals surface area contributed by atoms with Crippen LogP contribution in [0.25, 0.3) is 6.08 Å². The average molecular weight is 429 g/mol. The van der Waals surface area contributed by atoms with Crippen molar-refractivity contribution in [3.63, 3.8) is 0 Å². The van der Waals surface area contributed by atoms with Gasteiger partial charge in [-0.05, 0) is 65.6 Å². The number of benzene rings is 2. The lowest BCUT2D eigenvalue weighted by molar-refractivity contribution is -0.115. The summed E-state index contributed by atoms with van der Waals surface area (Å²) in [5.74, 6) is 8.50. The van der Waals surface area contributed by atoms with E-state index in [1.807, 2.05) is 43.3 Å². The van der Waals surface area contributed by atoms with Gasteiger partial charge in [0.05, 0.1) is 26.1 Å². The molecular formula is C28H28O4. The number of rotatable bonds is 12. The zero-order valence-electron chi connectivity index (χ0n) is 18.5. The lowest BCUT2D eigenvalue weighted by Gasteiger charge is -2.10. The van der Waals surface area contributed by atoms with Gasteiger partial charge >= 0.3 is 0 Å². The zero-order chi connectivity index (χ0) is 23.2. The fourth-order valence-corrected chi connectivity index (χ4v) is 2.92. The Morgan fingerprint density at radius 2 is 1.59 bits per heavy atom. The highest BCUT2D eigenvalue weighted by Crippen LogP contribution is 2.21. The van der Waals surface area contributed by atoms with Crippen molar-refractivity contribution >= 4 is 17.6 Å². The van der Waals surface area contributed by atoms with Crippen LogP contribution in [-0.4, -0.2) is 24.8 Å². The highest BCUT2D eigenvalue weighted by molar-refractivity contribution is 5.95. The molecule has 0 aliphatic heterocycles. The summed E-state index contributed by atoms with van der Waals surface area (Å²) in [6.45, 7) is 6.32. The smallest absolute Gasteiger partial charge is 0.208 e. The first-order chi connectivity index (χ1) is 15.5. The molecule has 0 bridgehead atoms. The molecule has 0 N–H and O–H groups in total. The van der Waals surface area contributed by atoms with Crippen LogP contribution in [-0.2, 0) is 22.4 Å². The number of ether oxygens (including phenoxy) is 2. The van der Waals surface area contributed by atoms with E-state index in [0.717, 1.165) is 29.7 Å². The Balaban J connectivity index is 1.87. The molecule has 164 valence electrons. The number of terminal acetylenes is 1. The third-order valence-corrected chi connectivity index (χ3v) is 4.61. The molecule has 0 amide bonds. The molecule has 0 aliphatic rings. The Morgan fingerprint density at radius 3 is 2.25 bits per heavy atom. The summed E-state index contributed by atoms with van der Waals surface area (Å²) in [5, 5.41) is 0. The quantitative estimate of drug-likeness (QED) is 0.359. The van der Waals surface area contributed by atoms with Crippen LogP contribution in [0.5, 0.6) is 11.5 Å². The Hall–Kier alpha value is -3.76. The lowest BCUT2D eigenvalue weighted by atomic mass is 10.0. The summed E-state index contributed by atoms with van der Waals surface area (Å²) in [6, 6.07) is 13.8. The molecule has 4 nitrogen and oxygen atoms in total. The standard InChI is InChI=1S/C28H28O4/c1-4-7-8-26(30)16-18-31-27-13-11-23(12-14-27)9-10-24-19-22(5-2)20-28(21-24)32-17-15-25(29)6-3/h3,5,11-14,19-21H,2,4,9-10,15-18H2,1H3. The van der Waals surface area contributed by atoms with Gasteiger partial charge in [-0.1, -0.05) is 43.7 Å². The molecule has 0 atom stereocenters. The van der Waals surface area contributed by atoms with E-state index in [4.69, 9.17) is 15.9 Å². The summed E-state index contributed by atoms with van der Waals surface area (Å²) in [6.07, 6.45) is 9.68. The Kier molecular flexibility index (Phi) is 10.4. The van der Waals surface area contributed by atoms with Crippen LogP contribution in [0.15, 0.2) is 49.0 Å². The van der Waals surface area contributed by atoms with Crippen LogP contribution in [0, 0.1) is 24.2 Å². The fourth-order valence-electron chi connectivity index (χ4n) is 2.92. The molecule has 0 aliphatic carbocycles. The Bertz CT molecular complexity index is 1030. The van der Waals surface area contributed by atoms with Gasteiger partial charge in [-0.3, -0.25) is 9.59 Å². The maximum absolute atomic E-state index is 11.5. The van der Waals surface area contributed by atoms with Gasteiger partial charge in [-0.25, -0.2) is 0 Å². The van der Waals surface area contributed by atoms with E-state index in [-0.39, 0.29) is 31.0 Å². The van der Waals surface area contributed by atoms with Crippen LogP contribution in [0.1, 0.15) is 42.9 Å². The average Bonchev–Trinajstić information content (AvgIpc) is 2.82. The molecule has 2 aromatic rings. The minimum atomic E-state index is -0.269. The number of hydrogen-bond donors (Lipinski definition) is 0. The van der Waals surface area contributed by atoms with Gasteiger partial charge in [0.2, 0.25) is 11.6 Å². The monoisotopic (exact) mass is 428 g/mol. The SMILES string of the molecule is C#CC(=O)CCOc1cc(C=C)cc(CCc2ccc(OCCC(=O)C#CCC)cc2)c1. The molecule has 2 aromatic carbocycles. The molecule has 4 heteroatoms. The number of aryl methyl sites for hydroxylation is 2. The first-order valence-corrected chi connectivity index (χ1v) is 10.7. The van der Waals surface area contributed by atoms with Gasteiger partial charge in [0, 0.05) is 6.42 Å². The van der Waals surface area contributed by atoms with E-state index in [1.165, 1.54) is 5.56 Å². The van der Waals surface area contributed by atoms with Crippen molar-refractivity contribution in [2.24, 2.45) is 0 Å². The molecule has 0 spiro atoms. The maximum atomic E-state index is 11.5. The lowest BCUT2D eigenvalue weighted by Crippen LogP contribution is -2.04. The first-order valence-electron chi connectivity index (χ1n) is 10.7. The predicted molar refractivity (Wildman–Crippen MR) is 128 cm³/mol. The molecule has 0 saturated carbocycles. The summed E-state index contributed by atoms with van der Waals surface area (Å²) < 4.78 is 11.3. The van der Waals surface area contributed by atoms with Gasteiger partial charge in [0.15, 0.2) is 0 Å². The molecule has 0 unspecified atom stereocenters. The van der Waals surface area contributed by atoms with E-state index in [0.29, 0.717) is 18.8 Å². The minimum Gasteiger partial charge on any atom is -0.493 e. The molecular weight excluding hydrogens is 400 g/mol. The third-order valence-electron chi connectivity index (χ3n) is 4.61. The van der Waals surface area contributed by atoms with Crippen LogP contribution in [0.4, 0.5) is 0 Å². The number of Topliss-reactive ketones (excluding diaryl/α,β-unsaturated/α-hetero) is 2. The van der Waals surface area contributed by atoms with Crippen molar-refractivity contribution in [1.29, 1.82) is 0 Å². The summed E-state index contributed by atoms with van der Waals surface area (Å²) in [5.41, 5.74) is 3.25. The van der Waals surface area contributed by atoms with Crippen molar-refractivity contribution in [3.8, 4) is 35.7 Å². The number of hydrogen-bond acceptors (Lipinski definition) is 4. The molecule has 0 radical (unpaired) electrons. The summed E-state index contributed by atoms with van der Waals surface area (Å²) in [7, 11) is 0. The van der Waals surface area contributed by atoms with E-state index in [1.54, 1.807) is 6.08 Å². The number of carbonyl (C=O) groups is 2. The Labute approximate surface area is 190 Å². The maximum Gasteiger partial charge on any atom is 0.208 e. The highest BCUT2D eigenvalue weighted by Gasteiger charge is 2.05. The van der Waals surface area contributed by atoms with E-state index in [9.17, 15) is 9.59 Å². The first kappa shape index (κ1) is 24.5. The van der Waals surface area contributed by atoms with Crippen LogP contribution in [0.2, 0.25) is 0 Å².